The third-order valence-corrected chi connectivity index (χ3v) is 2.90. The summed E-state index contributed by atoms with van der Waals surface area (Å²) >= 11 is 0. The quantitative estimate of drug-likeness (QED) is 0.788. The lowest BCUT2D eigenvalue weighted by Crippen LogP contribution is -2.40. The molecule has 0 aliphatic heterocycles. The van der Waals surface area contributed by atoms with E-state index in [0.29, 0.717) is 12.2 Å². The van der Waals surface area contributed by atoms with Crippen molar-refractivity contribution in [3.63, 3.8) is 0 Å². The van der Waals surface area contributed by atoms with Crippen LogP contribution in [0, 0.1) is 0 Å². The zero-order valence-corrected chi connectivity index (χ0v) is 12.7. The van der Waals surface area contributed by atoms with Gasteiger partial charge in [-0.1, -0.05) is 19.1 Å². The second kappa shape index (κ2) is 8.09. The van der Waals surface area contributed by atoms with E-state index in [1.807, 2.05) is 20.8 Å². The molecular weight excluding hydrogens is 268 g/mol. The second-order valence-corrected chi connectivity index (χ2v) is 5.01. The first-order chi connectivity index (χ1) is 9.93. The van der Waals surface area contributed by atoms with Crippen molar-refractivity contribution in [1.29, 1.82) is 0 Å². The van der Waals surface area contributed by atoms with Crippen molar-refractivity contribution in [2.45, 2.75) is 33.2 Å². The van der Waals surface area contributed by atoms with Gasteiger partial charge in [-0.25, -0.2) is 9.59 Å². The number of carbonyl (C=O) groups is 2. The predicted octanol–water partition coefficient (Wildman–Crippen LogP) is 3.44. The van der Waals surface area contributed by atoms with E-state index < -0.39 is 5.97 Å². The Bertz CT molecular complexity index is 524. The number of urea groups is 1. The summed E-state index contributed by atoms with van der Waals surface area (Å²) in [5.41, 5.74) is 1.37. The number of carbonyl (C=O) groups excluding carboxylic acids is 1. The molecule has 1 aromatic rings. The van der Waals surface area contributed by atoms with Gasteiger partial charge >= 0.3 is 12.0 Å². The molecule has 0 atom stereocenters. The maximum Gasteiger partial charge on any atom is 0.328 e. The van der Waals surface area contributed by atoms with E-state index in [4.69, 9.17) is 5.11 Å². The van der Waals surface area contributed by atoms with E-state index >= 15 is 0 Å². The first-order valence-corrected chi connectivity index (χ1v) is 7.02. The smallest absolute Gasteiger partial charge is 0.328 e. The van der Waals surface area contributed by atoms with Crippen LogP contribution in [0.5, 0.6) is 0 Å². The molecule has 5 nitrogen and oxygen atoms in total. The highest BCUT2D eigenvalue weighted by Gasteiger charge is 2.15. The predicted molar refractivity (Wildman–Crippen MR) is 84.3 cm³/mol. The molecule has 2 N–H and O–H groups in total. The molecule has 0 radical (unpaired) electrons. The van der Waals surface area contributed by atoms with Gasteiger partial charge in [0, 0.05) is 24.4 Å². The van der Waals surface area contributed by atoms with Gasteiger partial charge in [0.15, 0.2) is 0 Å². The summed E-state index contributed by atoms with van der Waals surface area (Å²) in [6.07, 6.45) is 3.45. The van der Waals surface area contributed by atoms with Gasteiger partial charge in [0.25, 0.3) is 0 Å². The number of nitrogens with zero attached hydrogens (tertiary/aromatic N) is 1. The normalized spacial score (nSPS) is 10.9. The van der Waals surface area contributed by atoms with Crippen LogP contribution in [0.15, 0.2) is 30.3 Å². The number of aliphatic carboxylic acids is 1. The van der Waals surface area contributed by atoms with Gasteiger partial charge in [0.1, 0.15) is 0 Å². The molecule has 0 aliphatic rings. The zero-order valence-electron chi connectivity index (χ0n) is 12.7. The molecular formula is C16H22N2O3. The highest BCUT2D eigenvalue weighted by Crippen LogP contribution is 2.13. The fourth-order valence-corrected chi connectivity index (χ4v) is 1.92. The Hall–Kier alpha value is -2.30. The Balaban J connectivity index is 2.80. The molecule has 0 heterocycles. The topological polar surface area (TPSA) is 69.6 Å². The monoisotopic (exact) mass is 290 g/mol. The molecule has 0 bridgehead atoms. The zero-order chi connectivity index (χ0) is 15.8. The van der Waals surface area contributed by atoms with E-state index in [9.17, 15) is 9.59 Å². The van der Waals surface area contributed by atoms with Gasteiger partial charge in [-0.3, -0.25) is 0 Å². The maximum atomic E-state index is 12.2. The van der Waals surface area contributed by atoms with Crippen LogP contribution in [0.25, 0.3) is 6.08 Å². The van der Waals surface area contributed by atoms with Crippen LogP contribution in [0.4, 0.5) is 10.5 Å². The molecule has 2 amide bonds. The standard InChI is InChI=1S/C16H22N2O3/c1-4-10-18(12(2)3)16(21)17-14-7-5-6-13(11-14)8-9-15(19)20/h5-9,11-12H,4,10H2,1-3H3,(H,17,21)(H,19,20)/b9-8+. The molecule has 0 aromatic heterocycles. The van der Waals surface area contributed by atoms with E-state index in [1.54, 1.807) is 29.2 Å². The minimum Gasteiger partial charge on any atom is -0.478 e. The van der Waals surface area contributed by atoms with Crippen LogP contribution < -0.4 is 5.32 Å². The van der Waals surface area contributed by atoms with Crippen molar-refractivity contribution in [2.24, 2.45) is 0 Å². The molecule has 0 saturated carbocycles. The number of hydrogen-bond acceptors (Lipinski definition) is 2. The first kappa shape index (κ1) is 16.8. The van der Waals surface area contributed by atoms with Crippen LogP contribution in [-0.2, 0) is 4.79 Å². The molecule has 114 valence electrons. The summed E-state index contributed by atoms with van der Waals surface area (Å²) in [5, 5.41) is 11.5. The Labute approximate surface area is 125 Å². The number of carboxylic acids is 1. The number of rotatable bonds is 6. The number of nitrogens with one attached hydrogen (secondary N) is 1. The number of hydrogen-bond donors (Lipinski definition) is 2. The lowest BCUT2D eigenvalue weighted by Gasteiger charge is -2.26. The molecule has 0 saturated heterocycles. The Kier molecular flexibility index (Phi) is 6.46. The first-order valence-electron chi connectivity index (χ1n) is 7.02. The fraction of sp³-hybridized carbons (Fsp3) is 0.375. The van der Waals surface area contributed by atoms with Crippen molar-refractivity contribution in [1.82, 2.24) is 4.90 Å². The van der Waals surface area contributed by atoms with Crippen molar-refractivity contribution in [2.75, 3.05) is 11.9 Å². The summed E-state index contributed by atoms with van der Waals surface area (Å²) < 4.78 is 0. The number of benzene rings is 1. The largest absolute Gasteiger partial charge is 0.478 e. The number of anilines is 1. The summed E-state index contributed by atoms with van der Waals surface area (Å²) in [6, 6.07) is 7.05. The molecule has 1 rings (SSSR count). The molecule has 0 aliphatic carbocycles. The van der Waals surface area contributed by atoms with E-state index in [-0.39, 0.29) is 12.1 Å². The SMILES string of the molecule is CCCN(C(=O)Nc1cccc(/C=C/C(=O)O)c1)C(C)C. The lowest BCUT2D eigenvalue weighted by molar-refractivity contribution is -0.131. The van der Waals surface area contributed by atoms with Crippen LogP contribution in [0.1, 0.15) is 32.8 Å². The van der Waals surface area contributed by atoms with Gasteiger partial charge in [-0.2, -0.15) is 0 Å². The molecule has 0 unspecified atom stereocenters. The molecule has 21 heavy (non-hydrogen) atoms. The molecule has 0 fully saturated rings. The molecule has 0 spiro atoms. The Morgan fingerprint density at radius 3 is 2.67 bits per heavy atom. The highest BCUT2D eigenvalue weighted by atomic mass is 16.4. The third-order valence-electron chi connectivity index (χ3n) is 2.90. The second-order valence-electron chi connectivity index (χ2n) is 5.01. The van der Waals surface area contributed by atoms with Crippen molar-refractivity contribution in [3.05, 3.63) is 35.9 Å². The van der Waals surface area contributed by atoms with Gasteiger partial charge in [-0.15, -0.1) is 0 Å². The van der Waals surface area contributed by atoms with Crippen molar-refractivity contribution >= 4 is 23.8 Å². The fourth-order valence-electron chi connectivity index (χ4n) is 1.92. The van der Waals surface area contributed by atoms with E-state index in [0.717, 1.165) is 18.1 Å². The summed E-state index contributed by atoms with van der Waals surface area (Å²) in [4.78, 5) is 24.5. The average Bonchev–Trinajstić information content (AvgIpc) is 2.42. The van der Waals surface area contributed by atoms with Crippen molar-refractivity contribution < 1.29 is 14.7 Å². The van der Waals surface area contributed by atoms with Gasteiger partial charge in [0.2, 0.25) is 0 Å². The minimum absolute atomic E-state index is 0.125. The summed E-state index contributed by atoms with van der Waals surface area (Å²) in [5.74, 6) is -1.00. The Morgan fingerprint density at radius 2 is 2.10 bits per heavy atom. The minimum atomic E-state index is -1.00. The van der Waals surface area contributed by atoms with Gasteiger partial charge < -0.3 is 15.3 Å². The molecule has 5 heteroatoms. The van der Waals surface area contributed by atoms with Gasteiger partial charge in [0.05, 0.1) is 0 Å². The Morgan fingerprint density at radius 1 is 1.38 bits per heavy atom. The average molecular weight is 290 g/mol. The van der Waals surface area contributed by atoms with Crippen LogP contribution in [0.3, 0.4) is 0 Å². The number of amides is 2. The lowest BCUT2D eigenvalue weighted by atomic mass is 10.2. The number of carboxylic acid groups (broad SMARTS) is 1. The summed E-state index contributed by atoms with van der Waals surface area (Å²) in [7, 11) is 0. The van der Waals surface area contributed by atoms with E-state index in [2.05, 4.69) is 5.32 Å². The van der Waals surface area contributed by atoms with Crippen LogP contribution in [0.2, 0.25) is 0 Å². The van der Waals surface area contributed by atoms with Gasteiger partial charge in [-0.05, 0) is 44.0 Å². The highest BCUT2D eigenvalue weighted by molar-refractivity contribution is 5.90. The molecule has 1 aromatic carbocycles. The van der Waals surface area contributed by atoms with Crippen LogP contribution >= 0.6 is 0 Å². The summed E-state index contributed by atoms with van der Waals surface area (Å²) in [6.45, 7) is 6.67. The van der Waals surface area contributed by atoms with E-state index in [1.165, 1.54) is 6.08 Å². The third kappa shape index (κ3) is 5.69. The van der Waals surface area contributed by atoms with Crippen molar-refractivity contribution in [3.8, 4) is 0 Å². The van der Waals surface area contributed by atoms with Crippen LogP contribution in [-0.4, -0.2) is 34.6 Å². The maximum absolute atomic E-state index is 12.2.